The van der Waals surface area contributed by atoms with Gasteiger partial charge in [0.05, 0.1) is 19.1 Å². The lowest BCUT2D eigenvalue weighted by atomic mass is 10.2. The van der Waals surface area contributed by atoms with Crippen LogP contribution in [-0.2, 0) is 11.2 Å². The summed E-state index contributed by atoms with van der Waals surface area (Å²) in [6, 6.07) is 9.71. The molecule has 0 atom stereocenters. The zero-order chi connectivity index (χ0) is 13.1. The van der Waals surface area contributed by atoms with Crippen LogP contribution >= 0.6 is 0 Å². The fourth-order valence-electron chi connectivity index (χ4n) is 2.09. The maximum absolute atomic E-state index is 12.0. The number of carbonyl (C=O) groups excluding carboxylic acids is 1. The van der Waals surface area contributed by atoms with E-state index in [9.17, 15) is 4.79 Å². The first-order chi connectivity index (χ1) is 8.69. The molecule has 0 spiro atoms. The lowest BCUT2D eigenvalue weighted by Crippen LogP contribution is -2.11. The van der Waals surface area contributed by atoms with Gasteiger partial charge < -0.3 is 9.14 Å². The molecule has 0 unspecified atom stereocenters. The average molecular weight is 242 g/mol. The summed E-state index contributed by atoms with van der Waals surface area (Å²) in [4.78, 5) is 12.0. The van der Waals surface area contributed by atoms with Gasteiger partial charge in [-0.1, -0.05) is 6.07 Å². The molecule has 0 aliphatic carbocycles. The van der Waals surface area contributed by atoms with Crippen molar-refractivity contribution in [1.29, 1.82) is 5.26 Å². The minimum Gasteiger partial charge on any atom is -0.461 e. The predicted octanol–water partition coefficient (Wildman–Crippen LogP) is 2.49. The molecule has 0 saturated carbocycles. The van der Waals surface area contributed by atoms with Gasteiger partial charge in [-0.25, -0.2) is 4.79 Å². The van der Waals surface area contributed by atoms with Gasteiger partial charge in [0, 0.05) is 11.2 Å². The molecule has 0 aromatic carbocycles. The number of nitriles is 1. The summed E-state index contributed by atoms with van der Waals surface area (Å²) in [6.45, 7) is 4.01. The molecule has 2 rings (SSSR count). The minimum atomic E-state index is -0.378. The van der Waals surface area contributed by atoms with E-state index in [-0.39, 0.29) is 12.4 Å². The Morgan fingerprint density at radius 2 is 2.28 bits per heavy atom. The molecule has 0 aliphatic heterocycles. The Labute approximate surface area is 105 Å². The van der Waals surface area contributed by atoms with Crippen LogP contribution in [-0.4, -0.2) is 17.0 Å². The molecule has 2 aromatic rings. The Morgan fingerprint density at radius 1 is 1.50 bits per heavy atom. The molecular formula is C14H14N2O2. The van der Waals surface area contributed by atoms with Crippen molar-refractivity contribution in [3.05, 3.63) is 41.2 Å². The van der Waals surface area contributed by atoms with Gasteiger partial charge in [0.2, 0.25) is 0 Å². The highest BCUT2D eigenvalue weighted by molar-refractivity contribution is 5.91. The first kappa shape index (κ1) is 12.2. The fourth-order valence-corrected chi connectivity index (χ4v) is 2.09. The molecule has 0 fully saturated rings. The number of rotatable bonds is 3. The number of fused-ring (bicyclic) bond motifs is 1. The highest BCUT2D eigenvalue weighted by atomic mass is 16.5. The van der Waals surface area contributed by atoms with Crippen molar-refractivity contribution in [3.8, 4) is 6.07 Å². The Balaban J connectivity index is 2.69. The molecule has 0 aliphatic rings. The number of nitrogens with zero attached hydrogens (tertiary/aromatic N) is 2. The summed E-state index contributed by atoms with van der Waals surface area (Å²) < 4.78 is 6.91. The number of ether oxygens (including phenoxy) is 1. The van der Waals surface area contributed by atoms with Crippen LogP contribution in [0.15, 0.2) is 24.3 Å². The number of hydrogen-bond donors (Lipinski definition) is 0. The van der Waals surface area contributed by atoms with Crippen molar-refractivity contribution in [2.45, 2.75) is 20.3 Å². The van der Waals surface area contributed by atoms with Crippen molar-refractivity contribution >= 4 is 11.5 Å². The van der Waals surface area contributed by atoms with E-state index in [2.05, 4.69) is 6.07 Å². The normalized spacial score (nSPS) is 10.3. The lowest BCUT2D eigenvalue weighted by Gasteiger charge is -2.07. The number of aryl methyl sites for hydroxylation is 1. The summed E-state index contributed by atoms with van der Waals surface area (Å²) in [6.07, 6.45) is 0.204. The first-order valence-electron chi connectivity index (χ1n) is 5.83. The molecule has 0 saturated heterocycles. The van der Waals surface area contributed by atoms with Crippen LogP contribution in [0.25, 0.3) is 5.52 Å². The van der Waals surface area contributed by atoms with Crippen LogP contribution in [0.5, 0.6) is 0 Å². The van der Waals surface area contributed by atoms with Gasteiger partial charge in [0.1, 0.15) is 5.69 Å². The largest absolute Gasteiger partial charge is 0.461 e. The summed E-state index contributed by atoms with van der Waals surface area (Å²) in [5.41, 5.74) is 3.03. The van der Waals surface area contributed by atoms with Crippen LogP contribution in [0.4, 0.5) is 0 Å². The van der Waals surface area contributed by atoms with Crippen LogP contribution in [0.1, 0.15) is 28.7 Å². The maximum Gasteiger partial charge on any atom is 0.355 e. The second kappa shape index (κ2) is 4.92. The summed E-state index contributed by atoms with van der Waals surface area (Å²) >= 11 is 0. The predicted molar refractivity (Wildman–Crippen MR) is 67.4 cm³/mol. The third kappa shape index (κ3) is 1.95. The highest BCUT2D eigenvalue weighted by Crippen LogP contribution is 2.20. The van der Waals surface area contributed by atoms with Crippen molar-refractivity contribution in [1.82, 2.24) is 4.40 Å². The van der Waals surface area contributed by atoms with Crippen molar-refractivity contribution in [2.75, 3.05) is 6.61 Å². The van der Waals surface area contributed by atoms with Crippen LogP contribution in [0, 0.1) is 18.3 Å². The van der Waals surface area contributed by atoms with Crippen molar-refractivity contribution in [2.24, 2.45) is 0 Å². The number of carbonyl (C=O) groups is 1. The van der Waals surface area contributed by atoms with E-state index in [1.54, 1.807) is 6.92 Å². The molecule has 4 heteroatoms. The topological polar surface area (TPSA) is 54.5 Å². The summed E-state index contributed by atoms with van der Waals surface area (Å²) in [5.74, 6) is -0.378. The zero-order valence-electron chi connectivity index (χ0n) is 10.4. The molecule has 0 bridgehead atoms. The number of aromatic nitrogens is 1. The first-order valence-corrected chi connectivity index (χ1v) is 5.83. The van der Waals surface area contributed by atoms with E-state index < -0.39 is 0 Å². The monoisotopic (exact) mass is 242 g/mol. The van der Waals surface area contributed by atoms with Gasteiger partial charge in [0.25, 0.3) is 0 Å². The molecule has 0 radical (unpaired) electrons. The quantitative estimate of drug-likeness (QED) is 0.777. The zero-order valence-corrected chi connectivity index (χ0v) is 10.4. The number of hydrogen-bond acceptors (Lipinski definition) is 3. The standard InChI is InChI=1S/C14H14N2O2/c1-3-18-14(17)13-11(7-8-15)9-12-6-4-5-10(2)16(12)13/h4-6,9H,3,7H2,1-2H3. The van der Waals surface area contributed by atoms with Gasteiger partial charge in [0.15, 0.2) is 0 Å². The molecular weight excluding hydrogens is 228 g/mol. The van der Waals surface area contributed by atoms with E-state index in [4.69, 9.17) is 10.00 Å². The second-order valence-corrected chi connectivity index (χ2v) is 4.00. The SMILES string of the molecule is CCOC(=O)c1c(CC#N)cc2cccc(C)n12. The fraction of sp³-hybridized carbons (Fsp3) is 0.286. The van der Waals surface area contributed by atoms with Crippen LogP contribution < -0.4 is 0 Å². The molecule has 4 nitrogen and oxygen atoms in total. The van der Waals surface area contributed by atoms with Gasteiger partial charge in [-0.15, -0.1) is 0 Å². The minimum absolute atomic E-state index is 0.204. The molecule has 92 valence electrons. The second-order valence-electron chi connectivity index (χ2n) is 4.00. The van der Waals surface area contributed by atoms with Gasteiger partial charge in [-0.3, -0.25) is 0 Å². The number of pyridine rings is 1. The Kier molecular flexibility index (Phi) is 3.33. The lowest BCUT2D eigenvalue weighted by molar-refractivity contribution is 0.0517. The van der Waals surface area contributed by atoms with Crippen molar-refractivity contribution < 1.29 is 9.53 Å². The molecule has 2 aromatic heterocycles. The highest BCUT2D eigenvalue weighted by Gasteiger charge is 2.19. The Hall–Kier alpha value is -2.28. The third-order valence-electron chi connectivity index (χ3n) is 2.80. The molecule has 0 N–H and O–H groups in total. The van der Waals surface area contributed by atoms with Crippen LogP contribution in [0.2, 0.25) is 0 Å². The molecule has 0 amide bonds. The molecule has 2 heterocycles. The Bertz CT molecular complexity index is 635. The van der Waals surface area contributed by atoms with E-state index in [1.165, 1.54) is 0 Å². The average Bonchev–Trinajstić information content (AvgIpc) is 2.69. The van der Waals surface area contributed by atoms with E-state index in [1.807, 2.05) is 35.6 Å². The third-order valence-corrected chi connectivity index (χ3v) is 2.80. The number of esters is 1. The summed E-state index contributed by atoms with van der Waals surface area (Å²) in [7, 11) is 0. The smallest absolute Gasteiger partial charge is 0.355 e. The maximum atomic E-state index is 12.0. The van der Waals surface area contributed by atoms with Crippen molar-refractivity contribution in [3.63, 3.8) is 0 Å². The summed E-state index contributed by atoms with van der Waals surface area (Å²) in [5, 5.41) is 8.84. The Morgan fingerprint density at radius 3 is 2.94 bits per heavy atom. The molecule has 18 heavy (non-hydrogen) atoms. The van der Waals surface area contributed by atoms with Gasteiger partial charge >= 0.3 is 5.97 Å². The van der Waals surface area contributed by atoms with E-state index in [0.29, 0.717) is 17.9 Å². The van der Waals surface area contributed by atoms with Gasteiger partial charge in [-0.2, -0.15) is 5.26 Å². The van der Waals surface area contributed by atoms with Crippen LogP contribution in [0.3, 0.4) is 0 Å². The van der Waals surface area contributed by atoms with E-state index >= 15 is 0 Å². The van der Waals surface area contributed by atoms with Gasteiger partial charge in [-0.05, 0) is 37.6 Å². The van der Waals surface area contributed by atoms with E-state index in [0.717, 1.165) is 11.2 Å².